The van der Waals surface area contributed by atoms with E-state index in [1.54, 1.807) is 7.11 Å². The van der Waals surface area contributed by atoms with Crippen molar-refractivity contribution in [3.63, 3.8) is 0 Å². The van der Waals surface area contributed by atoms with E-state index in [9.17, 15) is 5.11 Å². The highest BCUT2D eigenvalue weighted by Gasteiger charge is 2.13. The summed E-state index contributed by atoms with van der Waals surface area (Å²) in [5.74, 6) is 0.797. The molecule has 0 unspecified atom stereocenters. The topological polar surface area (TPSA) is 46.8 Å². The van der Waals surface area contributed by atoms with E-state index in [1.807, 2.05) is 47.0 Å². The van der Waals surface area contributed by atoms with Crippen LogP contribution in [0, 0.1) is 0 Å². The summed E-state index contributed by atoms with van der Waals surface area (Å²) in [5.41, 5.74) is 3.32. The molecule has 0 spiro atoms. The first-order valence-corrected chi connectivity index (χ1v) is 6.94. The fraction of sp³-hybridized carbons (Fsp3) is 0.133. The average molecular weight is 333 g/mol. The Bertz CT molecular complexity index is 750. The molecule has 0 fully saturated rings. The normalized spacial score (nSPS) is 10.9. The minimum absolute atomic E-state index is 0.0705. The Balaban J connectivity index is 2.19. The molecular weight excluding hydrogens is 320 g/mol. The number of nitrogens with zero attached hydrogens (tertiary/aromatic N) is 2. The highest BCUT2D eigenvalue weighted by molar-refractivity contribution is 9.10. The molecule has 0 atom stereocenters. The summed E-state index contributed by atoms with van der Waals surface area (Å²) in [6.07, 6.45) is 1.90. The Morgan fingerprint density at radius 2 is 1.95 bits per heavy atom. The van der Waals surface area contributed by atoms with Gasteiger partial charge in [0.05, 0.1) is 25.1 Å². The Morgan fingerprint density at radius 1 is 1.20 bits per heavy atom. The third kappa shape index (κ3) is 2.19. The molecule has 2 heterocycles. The minimum atomic E-state index is -0.0705. The Morgan fingerprint density at radius 3 is 2.60 bits per heavy atom. The van der Waals surface area contributed by atoms with E-state index in [1.165, 1.54) is 0 Å². The number of benzene rings is 1. The molecule has 2 aromatic heterocycles. The number of ether oxygens (including phenoxy) is 1. The monoisotopic (exact) mass is 332 g/mol. The van der Waals surface area contributed by atoms with Crippen LogP contribution in [0.3, 0.4) is 0 Å². The van der Waals surface area contributed by atoms with Crippen LogP contribution in [0.5, 0.6) is 5.75 Å². The molecule has 3 rings (SSSR count). The second-order valence-corrected chi connectivity index (χ2v) is 5.28. The van der Waals surface area contributed by atoms with Crippen molar-refractivity contribution < 1.29 is 9.84 Å². The van der Waals surface area contributed by atoms with Crippen molar-refractivity contribution in [3.8, 4) is 17.0 Å². The lowest BCUT2D eigenvalue weighted by Gasteiger charge is -2.03. The van der Waals surface area contributed by atoms with Crippen molar-refractivity contribution in [1.82, 2.24) is 9.38 Å². The van der Waals surface area contributed by atoms with Crippen molar-refractivity contribution in [3.05, 3.63) is 52.8 Å². The van der Waals surface area contributed by atoms with Gasteiger partial charge in [-0.1, -0.05) is 0 Å². The van der Waals surface area contributed by atoms with Crippen LogP contribution in [0.25, 0.3) is 16.9 Å². The molecular formula is C15H13BrN2O2. The summed E-state index contributed by atoms with van der Waals surface area (Å²) in [6.45, 7) is -0.0705. The zero-order valence-corrected chi connectivity index (χ0v) is 12.5. The maximum absolute atomic E-state index is 9.66. The standard InChI is InChI=1S/C15H13BrN2O2/c1-20-12-5-2-10(3-6-12)15-13(9-19)18-8-11(16)4-7-14(18)17-15/h2-8,19H,9H2,1H3. The van der Waals surface area contributed by atoms with Gasteiger partial charge in [-0.25, -0.2) is 4.98 Å². The minimum Gasteiger partial charge on any atom is -0.497 e. The average Bonchev–Trinajstić information content (AvgIpc) is 2.85. The Kier molecular flexibility index (Phi) is 3.46. The molecule has 0 radical (unpaired) electrons. The fourth-order valence-electron chi connectivity index (χ4n) is 2.20. The van der Waals surface area contributed by atoms with Crippen LogP contribution >= 0.6 is 15.9 Å². The molecule has 4 nitrogen and oxygen atoms in total. The number of fused-ring (bicyclic) bond motifs is 1. The summed E-state index contributed by atoms with van der Waals surface area (Å²) in [5, 5.41) is 9.66. The number of hydrogen-bond acceptors (Lipinski definition) is 3. The molecule has 20 heavy (non-hydrogen) atoms. The van der Waals surface area contributed by atoms with E-state index in [2.05, 4.69) is 20.9 Å². The first-order chi connectivity index (χ1) is 9.72. The van der Waals surface area contributed by atoms with E-state index < -0.39 is 0 Å². The second kappa shape index (κ2) is 5.26. The summed E-state index contributed by atoms with van der Waals surface area (Å²) < 4.78 is 7.99. The van der Waals surface area contributed by atoms with Crippen LogP contribution in [0.1, 0.15) is 5.69 Å². The number of methoxy groups -OCH3 is 1. The zero-order chi connectivity index (χ0) is 14.1. The first kappa shape index (κ1) is 13.1. The predicted molar refractivity (Wildman–Crippen MR) is 80.8 cm³/mol. The third-order valence-electron chi connectivity index (χ3n) is 3.19. The van der Waals surface area contributed by atoms with Gasteiger partial charge in [0.1, 0.15) is 11.4 Å². The van der Waals surface area contributed by atoms with Crippen LogP contribution in [0.4, 0.5) is 0 Å². The molecule has 102 valence electrons. The van der Waals surface area contributed by atoms with Crippen LogP contribution in [-0.4, -0.2) is 21.6 Å². The van der Waals surface area contributed by atoms with Gasteiger partial charge in [-0.15, -0.1) is 0 Å². The number of rotatable bonds is 3. The van der Waals surface area contributed by atoms with Gasteiger partial charge >= 0.3 is 0 Å². The lowest BCUT2D eigenvalue weighted by atomic mass is 10.1. The molecule has 5 heteroatoms. The van der Waals surface area contributed by atoms with E-state index >= 15 is 0 Å². The SMILES string of the molecule is COc1ccc(-c2nc3ccc(Br)cn3c2CO)cc1. The molecule has 0 saturated heterocycles. The molecule has 0 aliphatic heterocycles. The van der Waals surface area contributed by atoms with Gasteiger partial charge in [-0.2, -0.15) is 0 Å². The van der Waals surface area contributed by atoms with E-state index in [4.69, 9.17) is 4.74 Å². The quantitative estimate of drug-likeness (QED) is 0.800. The van der Waals surface area contributed by atoms with Gasteiger partial charge in [-0.05, 0) is 52.3 Å². The smallest absolute Gasteiger partial charge is 0.137 e. The van der Waals surface area contributed by atoms with Crippen molar-refractivity contribution in [2.75, 3.05) is 7.11 Å². The molecule has 0 amide bonds. The molecule has 0 saturated carbocycles. The summed E-state index contributed by atoms with van der Waals surface area (Å²) in [6, 6.07) is 11.5. The molecule has 1 aromatic carbocycles. The number of pyridine rings is 1. The van der Waals surface area contributed by atoms with Gasteiger partial charge in [0.2, 0.25) is 0 Å². The van der Waals surface area contributed by atoms with Gasteiger partial charge in [0.15, 0.2) is 0 Å². The number of aromatic nitrogens is 2. The lowest BCUT2D eigenvalue weighted by Crippen LogP contribution is -1.94. The number of aliphatic hydroxyl groups excluding tert-OH is 1. The van der Waals surface area contributed by atoms with Crippen LogP contribution in [0.15, 0.2) is 47.1 Å². The summed E-state index contributed by atoms with van der Waals surface area (Å²) in [4.78, 5) is 4.59. The Hall–Kier alpha value is -1.85. The fourth-order valence-corrected chi connectivity index (χ4v) is 2.54. The molecule has 0 aliphatic carbocycles. The van der Waals surface area contributed by atoms with Gasteiger partial charge in [0.25, 0.3) is 0 Å². The molecule has 0 bridgehead atoms. The summed E-state index contributed by atoms with van der Waals surface area (Å²) in [7, 11) is 1.64. The highest BCUT2D eigenvalue weighted by Crippen LogP contribution is 2.27. The van der Waals surface area contributed by atoms with Gasteiger partial charge < -0.3 is 9.84 Å². The first-order valence-electron chi connectivity index (χ1n) is 6.14. The molecule has 3 aromatic rings. The summed E-state index contributed by atoms with van der Waals surface area (Å²) >= 11 is 3.43. The van der Waals surface area contributed by atoms with Crippen molar-refractivity contribution in [2.24, 2.45) is 0 Å². The van der Waals surface area contributed by atoms with Crippen molar-refractivity contribution >= 4 is 21.6 Å². The van der Waals surface area contributed by atoms with Crippen molar-refractivity contribution in [1.29, 1.82) is 0 Å². The molecule has 1 N–H and O–H groups in total. The Labute approximate surface area is 124 Å². The predicted octanol–water partition coefficient (Wildman–Crippen LogP) is 3.26. The molecule has 0 aliphatic rings. The largest absolute Gasteiger partial charge is 0.497 e. The van der Waals surface area contributed by atoms with Crippen LogP contribution in [-0.2, 0) is 6.61 Å². The maximum Gasteiger partial charge on any atom is 0.137 e. The number of imidazole rings is 1. The number of hydrogen-bond donors (Lipinski definition) is 1. The van der Waals surface area contributed by atoms with E-state index in [0.717, 1.165) is 32.8 Å². The third-order valence-corrected chi connectivity index (χ3v) is 3.66. The highest BCUT2D eigenvalue weighted by atomic mass is 79.9. The number of halogens is 1. The van der Waals surface area contributed by atoms with E-state index in [0.29, 0.717) is 0 Å². The van der Waals surface area contributed by atoms with Crippen LogP contribution < -0.4 is 4.74 Å². The van der Waals surface area contributed by atoms with Gasteiger partial charge in [0, 0.05) is 16.2 Å². The van der Waals surface area contributed by atoms with Crippen LogP contribution in [0.2, 0.25) is 0 Å². The zero-order valence-electron chi connectivity index (χ0n) is 10.9. The lowest BCUT2D eigenvalue weighted by molar-refractivity contribution is 0.276. The van der Waals surface area contributed by atoms with Gasteiger partial charge in [-0.3, -0.25) is 4.40 Å². The van der Waals surface area contributed by atoms with Crippen molar-refractivity contribution in [2.45, 2.75) is 6.61 Å². The maximum atomic E-state index is 9.66. The second-order valence-electron chi connectivity index (χ2n) is 4.37. The van der Waals surface area contributed by atoms with E-state index in [-0.39, 0.29) is 6.61 Å². The number of aliphatic hydroxyl groups is 1.